The number of rotatable bonds is 7. The highest BCUT2D eigenvalue weighted by Gasteiger charge is 2.18. The van der Waals surface area contributed by atoms with Crippen LogP contribution in [0.5, 0.6) is 0 Å². The van der Waals surface area contributed by atoms with Gasteiger partial charge in [-0.2, -0.15) is 0 Å². The molecule has 0 spiro atoms. The van der Waals surface area contributed by atoms with Crippen LogP contribution in [0.4, 0.5) is 0 Å². The van der Waals surface area contributed by atoms with Gasteiger partial charge in [-0.25, -0.2) is 4.79 Å². The van der Waals surface area contributed by atoms with E-state index in [4.69, 9.17) is 8.83 Å². The molecule has 0 aliphatic heterocycles. The summed E-state index contributed by atoms with van der Waals surface area (Å²) < 4.78 is 17.7. The molecule has 7 nitrogen and oxygen atoms in total. The number of ether oxygens (including phenoxy) is 1. The van der Waals surface area contributed by atoms with E-state index in [9.17, 15) is 4.79 Å². The van der Waals surface area contributed by atoms with Crippen molar-refractivity contribution in [2.24, 2.45) is 0 Å². The van der Waals surface area contributed by atoms with Gasteiger partial charge in [-0.3, -0.25) is 4.57 Å². The molecule has 8 heteroatoms. The summed E-state index contributed by atoms with van der Waals surface area (Å²) in [7, 11) is 1.32. The number of hydrogen-bond acceptors (Lipinski definition) is 7. The summed E-state index contributed by atoms with van der Waals surface area (Å²) in [6.07, 6.45) is 1.61. The second-order valence-electron chi connectivity index (χ2n) is 5.90. The smallest absolute Gasteiger partial charge is 0.373 e. The molecule has 0 bridgehead atoms. The van der Waals surface area contributed by atoms with Gasteiger partial charge < -0.3 is 13.6 Å². The minimum atomic E-state index is -0.497. The van der Waals surface area contributed by atoms with Crippen molar-refractivity contribution in [2.75, 3.05) is 7.11 Å². The van der Waals surface area contributed by atoms with Crippen LogP contribution < -0.4 is 0 Å². The Bertz CT molecular complexity index is 1050. The van der Waals surface area contributed by atoms with Gasteiger partial charge in [-0.1, -0.05) is 42.1 Å². The van der Waals surface area contributed by atoms with Crippen molar-refractivity contribution in [3.63, 3.8) is 0 Å². The molecule has 0 unspecified atom stereocenters. The molecule has 0 aliphatic carbocycles. The lowest BCUT2D eigenvalue weighted by molar-refractivity contribution is 0.0563. The van der Waals surface area contributed by atoms with E-state index in [0.717, 1.165) is 10.7 Å². The molecule has 0 atom stereocenters. The first-order valence-corrected chi connectivity index (χ1v) is 9.54. The van der Waals surface area contributed by atoms with E-state index in [2.05, 4.69) is 27.1 Å². The fourth-order valence-electron chi connectivity index (χ4n) is 2.69. The minimum Gasteiger partial charge on any atom is -0.463 e. The van der Waals surface area contributed by atoms with E-state index in [1.54, 1.807) is 18.4 Å². The Morgan fingerprint density at radius 1 is 1.11 bits per heavy atom. The maximum atomic E-state index is 11.5. The summed E-state index contributed by atoms with van der Waals surface area (Å²) in [5.74, 6) is 2.15. The Labute approximate surface area is 165 Å². The second-order valence-corrected chi connectivity index (χ2v) is 6.84. The molecule has 4 aromatic rings. The predicted octanol–water partition coefficient (Wildman–Crippen LogP) is 4.26. The highest BCUT2D eigenvalue weighted by molar-refractivity contribution is 7.98. The summed E-state index contributed by atoms with van der Waals surface area (Å²) in [4.78, 5) is 11.5. The molecule has 3 heterocycles. The SMILES string of the molecule is COC(=O)c1ccc(CSc2nnc(-c3ccco3)n2Cc2ccccc2)o1. The van der Waals surface area contributed by atoms with Crippen LogP contribution in [-0.2, 0) is 17.0 Å². The van der Waals surface area contributed by atoms with Gasteiger partial charge in [0.05, 0.1) is 25.7 Å². The number of furan rings is 2. The minimum absolute atomic E-state index is 0.181. The van der Waals surface area contributed by atoms with Gasteiger partial charge in [0.1, 0.15) is 5.76 Å². The average molecular weight is 395 g/mol. The lowest BCUT2D eigenvalue weighted by atomic mass is 10.2. The van der Waals surface area contributed by atoms with Crippen molar-refractivity contribution < 1.29 is 18.4 Å². The number of aromatic nitrogens is 3. The van der Waals surface area contributed by atoms with Gasteiger partial charge in [0.25, 0.3) is 0 Å². The molecule has 0 saturated heterocycles. The van der Waals surface area contributed by atoms with Crippen LogP contribution >= 0.6 is 11.8 Å². The van der Waals surface area contributed by atoms with E-state index in [1.165, 1.54) is 18.9 Å². The summed E-state index contributed by atoms with van der Waals surface area (Å²) in [5.41, 5.74) is 1.13. The Balaban J connectivity index is 1.58. The van der Waals surface area contributed by atoms with Gasteiger partial charge in [0.15, 0.2) is 10.9 Å². The molecule has 4 rings (SSSR count). The number of thioether (sulfide) groups is 1. The zero-order chi connectivity index (χ0) is 19.3. The summed E-state index contributed by atoms with van der Waals surface area (Å²) in [6.45, 7) is 0.609. The van der Waals surface area contributed by atoms with Gasteiger partial charge >= 0.3 is 5.97 Å². The van der Waals surface area contributed by atoms with E-state index in [-0.39, 0.29) is 5.76 Å². The van der Waals surface area contributed by atoms with Crippen LogP contribution in [0, 0.1) is 0 Å². The quantitative estimate of drug-likeness (QED) is 0.341. The van der Waals surface area contributed by atoms with Crippen LogP contribution in [0.1, 0.15) is 21.9 Å². The topological polar surface area (TPSA) is 83.3 Å². The number of methoxy groups -OCH3 is 1. The Morgan fingerprint density at radius 3 is 2.71 bits per heavy atom. The zero-order valence-electron chi connectivity index (χ0n) is 15.1. The van der Waals surface area contributed by atoms with Crippen molar-refractivity contribution >= 4 is 17.7 Å². The molecule has 28 heavy (non-hydrogen) atoms. The number of hydrogen-bond donors (Lipinski definition) is 0. The maximum Gasteiger partial charge on any atom is 0.373 e. The van der Waals surface area contributed by atoms with Crippen molar-refractivity contribution in [3.05, 3.63) is 77.9 Å². The van der Waals surface area contributed by atoms with E-state index in [1.807, 2.05) is 34.9 Å². The molecule has 0 aliphatic rings. The van der Waals surface area contributed by atoms with Gasteiger partial charge in [0, 0.05) is 0 Å². The van der Waals surface area contributed by atoms with Crippen LogP contribution in [0.15, 0.2) is 74.9 Å². The number of benzene rings is 1. The number of carbonyl (C=O) groups excluding carboxylic acids is 1. The highest BCUT2D eigenvalue weighted by Crippen LogP contribution is 2.28. The van der Waals surface area contributed by atoms with Gasteiger partial charge in [-0.15, -0.1) is 10.2 Å². The third kappa shape index (κ3) is 3.86. The Kier molecular flexibility index (Phi) is 5.29. The Hall–Kier alpha value is -3.26. The van der Waals surface area contributed by atoms with Crippen molar-refractivity contribution in [1.82, 2.24) is 14.8 Å². The van der Waals surface area contributed by atoms with E-state index < -0.39 is 5.97 Å². The molecular formula is C20H17N3O4S. The maximum absolute atomic E-state index is 11.5. The third-order valence-electron chi connectivity index (χ3n) is 4.03. The second kappa shape index (κ2) is 8.18. The molecule has 3 aromatic heterocycles. The monoisotopic (exact) mass is 395 g/mol. The molecule has 0 N–H and O–H groups in total. The summed E-state index contributed by atoms with van der Waals surface area (Å²) in [6, 6.07) is 17.1. The average Bonchev–Trinajstić information content (AvgIpc) is 3.47. The highest BCUT2D eigenvalue weighted by atomic mass is 32.2. The molecule has 142 valence electrons. The van der Waals surface area contributed by atoms with Crippen molar-refractivity contribution in [2.45, 2.75) is 17.5 Å². The lowest BCUT2D eigenvalue weighted by Gasteiger charge is -2.09. The van der Waals surface area contributed by atoms with E-state index in [0.29, 0.717) is 29.6 Å². The summed E-state index contributed by atoms with van der Waals surface area (Å²) >= 11 is 1.47. The number of nitrogens with zero attached hydrogens (tertiary/aromatic N) is 3. The van der Waals surface area contributed by atoms with Crippen LogP contribution in [-0.4, -0.2) is 27.8 Å². The van der Waals surface area contributed by atoms with Crippen LogP contribution in [0.2, 0.25) is 0 Å². The fourth-order valence-corrected chi connectivity index (χ4v) is 3.53. The lowest BCUT2D eigenvalue weighted by Crippen LogP contribution is -2.03. The van der Waals surface area contributed by atoms with Gasteiger partial charge in [0.2, 0.25) is 11.6 Å². The normalized spacial score (nSPS) is 10.9. The van der Waals surface area contributed by atoms with Crippen molar-refractivity contribution in [3.8, 4) is 11.6 Å². The Morgan fingerprint density at radius 2 is 1.96 bits per heavy atom. The fraction of sp³-hybridized carbons (Fsp3) is 0.150. The van der Waals surface area contributed by atoms with Crippen LogP contribution in [0.3, 0.4) is 0 Å². The first-order chi connectivity index (χ1) is 13.7. The molecule has 0 saturated carbocycles. The molecule has 0 fully saturated rings. The first-order valence-electron chi connectivity index (χ1n) is 8.55. The predicted molar refractivity (Wildman–Crippen MR) is 103 cm³/mol. The molecule has 0 radical (unpaired) electrons. The standard InChI is InChI=1S/C20H17N3O4S/c1-25-19(24)17-10-9-15(27-17)13-28-20-22-21-18(16-8-5-11-26-16)23(20)12-14-6-3-2-4-7-14/h2-11H,12-13H2,1H3. The molecular weight excluding hydrogens is 378 g/mol. The number of esters is 1. The van der Waals surface area contributed by atoms with Crippen molar-refractivity contribution in [1.29, 1.82) is 0 Å². The van der Waals surface area contributed by atoms with E-state index >= 15 is 0 Å². The number of carbonyl (C=O) groups is 1. The summed E-state index contributed by atoms with van der Waals surface area (Å²) in [5, 5.41) is 9.36. The zero-order valence-corrected chi connectivity index (χ0v) is 15.9. The third-order valence-corrected chi connectivity index (χ3v) is 5.02. The first kappa shape index (κ1) is 18.1. The van der Waals surface area contributed by atoms with Gasteiger partial charge in [-0.05, 0) is 29.8 Å². The largest absolute Gasteiger partial charge is 0.463 e. The van der Waals surface area contributed by atoms with Crippen LogP contribution in [0.25, 0.3) is 11.6 Å². The molecule has 0 amide bonds. The molecule has 1 aromatic carbocycles.